The number of carbonyl (C=O) groups is 1. The first-order chi connectivity index (χ1) is 10.0. The number of allylic oxidation sites excluding steroid dienone is 1. The Morgan fingerprint density at radius 2 is 2.05 bits per heavy atom. The van der Waals surface area contributed by atoms with Crippen LogP contribution in [0.2, 0.25) is 0 Å². The van der Waals surface area contributed by atoms with Crippen molar-refractivity contribution < 1.29 is 13.2 Å². The van der Waals surface area contributed by atoms with Crippen molar-refractivity contribution in [1.29, 1.82) is 0 Å². The number of nitrogens with one attached hydrogen (secondary N) is 2. The largest absolute Gasteiger partial charge is 0.334 e. The lowest BCUT2D eigenvalue weighted by Crippen LogP contribution is -2.48. The smallest absolute Gasteiger partial charge is 0.317 e. The van der Waals surface area contributed by atoms with Gasteiger partial charge in [0.1, 0.15) is 0 Å². The molecule has 0 aromatic carbocycles. The maximum Gasteiger partial charge on any atom is 0.317 e. The predicted octanol–water partition coefficient (Wildman–Crippen LogP) is 1.21. The third-order valence-corrected chi connectivity index (χ3v) is 6.22. The van der Waals surface area contributed by atoms with Crippen molar-refractivity contribution in [3.8, 4) is 0 Å². The van der Waals surface area contributed by atoms with Gasteiger partial charge in [-0.2, -0.15) is 0 Å². The Morgan fingerprint density at radius 3 is 2.62 bits per heavy atom. The maximum absolute atomic E-state index is 12.1. The molecule has 0 aromatic rings. The second-order valence-corrected chi connectivity index (χ2v) is 7.87. The highest BCUT2D eigenvalue weighted by molar-refractivity contribution is 7.90. The van der Waals surface area contributed by atoms with Crippen molar-refractivity contribution in [2.24, 2.45) is 0 Å². The van der Waals surface area contributed by atoms with Crippen molar-refractivity contribution in [3.05, 3.63) is 11.6 Å². The number of sulfonamides is 1. The molecule has 0 saturated carbocycles. The average Bonchev–Trinajstić information content (AvgIpc) is 2.53. The predicted molar refractivity (Wildman–Crippen MR) is 82.5 cm³/mol. The van der Waals surface area contributed by atoms with Gasteiger partial charge in [0.2, 0.25) is 10.0 Å². The van der Waals surface area contributed by atoms with E-state index in [0.29, 0.717) is 32.5 Å². The number of carbonyl (C=O) groups excluding carboxylic acids is 1. The summed E-state index contributed by atoms with van der Waals surface area (Å²) in [6.45, 7) is 1.61. The van der Waals surface area contributed by atoms with Crippen molar-refractivity contribution in [2.45, 2.75) is 43.8 Å². The molecule has 1 aliphatic carbocycles. The van der Waals surface area contributed by atoms with Gasteiger partial charge in [0.25, 0.3) is 0 Å². The lowest BCUT2D eigenvalue weighted by atomic mass is 10.00. The van der Waals surface area contributed by atoms with Crippen LogP contribution in [0.4, 0.5) is 4.79 Å². The molecule has 2 aliphatic rings. The normalized spacial score (nSPS) is 21.0. The molecular formula is C14H25N3O3S. The first-order valence-electron chi connectivity index (χ1n) is 7.66. The minimum atomic E-state index is -3.22. The molecule has 2 rings (SSSR count). The van der Waals surface area contributed by atoms with E-state index in [4.69, 9.17) is 0 Å². The molecular weight excluding hydrogens is 290 g/mol. The first kappa shape index (κ1) is 16.3. The van der Waals surface area contributed by atoms with Crippen LogP contribution < -0.4 is 10.0 Å². The monoisotopic (exact) mass is 315 g/mol. The molecule has 1 aliphatic heterocycles. The van der Waals surface area contributed by atoms with Crippen molar-refractivity contribution in [3.63, 3.8) is 0 Å². The Bertz CT molecular complexity index is 494. The van der Waals surface area contributed by atoms with Gasteiger partial charge < -0.3 is 10.2 Å². The van der Waals surface area contributed by atoms with Crippen LogP contribution in [0.5, 0.6) is 0 Å². The van der Waals surface area contributed by atoms with Gasteiger partial charge in [-0.15, -0.1) is 0 Å². The highest BCUT2D eigenvalue weighted by Crippen LogP contribution is 2.18. The van der Waals surface area contributed by atoms with Crippen molar-refractivity contribution in [2.75, 3.05) is 26.7 Å². The molecule has 120 valence electrons. The summed E-state index contributed by atoms with van der Waals surface area (Å²) >= 11 is 0. The van der Waals surface area contributed by atoms with E-state index in [-0.39, 0.29) is 11.3 Å². The van der Waals surface area contributed by atoms with Crippen molar-refractivity contribution in [1.82, 2.24) is 14.9 Å². The molecule has 0 bridgehead atoms. The summed E-state index contributed by atoms with van der Waals surface area (Å²) in [7, 11) is -1.78. The first-order valence-corrected chi connectivity index (χ1v) is 9.20. The van der Waals surface area contributed by atoms with Crippen LogP contribution in [0, 0.1) is 0 Å². The second kappa shape index (κ2) is 7.26. The summed E-state index contributed by atoms with van der Waals surface area (Å²) in [6, 6.07) is -0.0817. The van der Waals surface area contributed by atoms with Crippen LogP contribution in [0.1, 0.15) is 38.5 Å². The van der Waals surface area contributed by atoms with Crippen LogP contribution in [0.3, 0.4) is 0 Å². The molecule has 2 amide bonds. The maximum atomic E-state index is 12.1. The van der Waals surface area contributed by atoms with E-state index >= 15 is 0 Å². The second-order valence-electron chi connectivity index (χ2n) is 5.70. The number of hydrogen-bond donors (Lipinski definition) is 2. The number of likely N-dealkylation sites (tertiary alicyclic amines) is 1. The van der Waals surface area contributed by atoms with Gasteiger partial charge in [-0.25, -0.2) is 17.9 Å². The van der Waals surface area contributed by atoms with Crippen LogP contribution in [-0.2, 0) is 10.0 Å². The van der Waals surface area contributed by atoms with E-state index in [1.165, 1.54) is 25.5 Å². The minimum Gasteiger partial charge on any atom is -0.334 e. The topological polar surface area (TPSA) is 78.5 Å². The number of nitrogens with zero attached hydrogens (tertiary/aromatic N) is 1. The summed E-state index contributed by atoms with van der Waals surface area (Å²) < 4.78 is 25.8. The van der Waals surface area contributed by atoms with Gasteiger partial charge in [0, 0.05) is 19.6 Å². The van der Waals surface area contributed by atoms with Crippen LogP contribution in [0.15, 0.2) is 11.6 Å². The molecule has 6 nitrogen and oxygen atoms in total. The van der Waals surface area contributed by atoms with E-state index in [0.717, 1.165) is 12.8 Å². The zero-order valence-corrected chi connectivity index (χ0v) is 13.4. The van der Waals surface area contributed by atoms with Gasteiger partial charge in [-0.05, 0) is 45.6 Å². The lowest BCUT2D eigenvalue weighted by Gasteiger charge is -2.31. The SMILES string of the molecule is CNS(=O)(=O)C1CCN(C(=O)NCC2=CCCCC2)CC1. The molecule has 1 saturated heterocycles. The van der Waals surface area contributed by atoms with Crippen molar-refractivity contribution >= 4 is 16.1 Å². The van der Waals surface area contributed by atoms with Gasteiger partial charge in [-0.3, -0.25) is 0 Å². The van der Waals surface area contributed by atoms with E-state index in [9.17, 15) is 13.2 Å². The summed E-state index contributed by atoms with van der Waals surface area (Å²) in [4.78, 5) is 13.8. The Kier molecular flexibility index (Phi) is 5.64. The standard InChI is InChI=1S/C14H25N3O3S/c1-15-21(19,20)13-7-9-17(10-8-13)14(18)16-11-12-5-3-2-4-6-12/h5,13,15H,2-4,6-11H2,1H3,(H,16,18). The third-order valence-electron chi connectivity index (χ3n) is 4.30. The summed E-state index contributed by atoms with van der Waals surface area (Å²) in [6.07, 6.45) is 7.84. The Labute approximate surface area is 127 Å². The molecule has 1 heterocycles. The molecule has 0 atom stereocenters. The van der Waals surface area contributed by atoms with Gasteiger partial charge in [-0.1, -0.05) is 11.6 Å². The van der Waals surface area contributed by atoms with Gasteiger partial charge >= 0.3 is 6.03 Å². The zero-order chi connectivity index (χ0) is 15.3. The van der Waals surface area contributed by atoms with Gasteiger partial charge in [0.05, 0.1) is 5.25 Å². The molecule has 21 heavy (non-hydrogen) atoms. The van der Waals surface area contributed by atoms with E-state index < -0.39 is 10.0 Å². The van der Waals surface area contributed by atoms with Crippen LogP contribution in [0.25, 0.3) is 0 Å². The molecule has 0 spiro atoms. The minimum absolute atomic E-state index is 0.0817. The molecule has 1 fully saturated rings. The fourth-order valence-corrected chi connectivity index (χ4v) is 4.07. The molecule has 0 radical (unpaired) electrons. The number of piperidine rings is 1. The van der Waals surface area contributed by atoms with Crippen LogP contribution in [-0.4, -0.2) is 51.3 Å². The number of hydrogen-bond acceptors (Lipinski definition) is 3. The Morgan fingerprint density at radius 1 is 1.33 bits per heavy atom. The fraction of sp³-hybridized carbons (Fsp3) is 0.786. The summed E-state index contributed by atoms with van der Waals surface area (Å²) in [5.41, 5.74) is 1.31. The molecule has 0 aromatic heterocycles. The molecule has 7 heteroatoms. The number of rotatable bonds is 4. The highest BCUT2D eigenvalue weighted by Gasteiger charge is 2.30. The van der Waals surface area contributed by atoms with Crippen LogP contribution >= 0.6 is 0 Å². The highest BCUT2D eigenvalue weighted by atomic mass is 32.2. The molecule has 2 N–H and O–H groups in total. The number of urea groups is 1. The lowest BCUT2D eigenvalue weighted by molar-refractivity contribution is 0.187. The summed E-state index contributed by atoms with van der Waals surface area (Å²) in [5.74, 6) is 0. The van der Waals surface area contributed by atoms with Gasteiger partial charge in [0.15, 0.2) is 0 Å². The quantitative estimate of drug-likeness (QED) is 0.765. The summed E-state index contributed by atoms with van der Waals surface area (Å²) in [5, 5.41) is 2.56. The van der Waals surface area contributed by atoms with E-state index in [1.54, 1.807) is 4.90 Å². The van der Waals surface area contributed by atoms with E-state index in [2.05, 4.69) is 16.1 Å². The zero-order valence-electron chi connectivity index (χ0n) is 12.6. The van der Waals surface area contributed by atoms with E-state index in [1.807, 2.05) is 0 Å². The third kappa shape index (κ3) is 4.44. The Hall–Kier alpha value is -1.08. The fourth-order valence-electron chi connectivity index (χ4n) is 2.90. The number of amides is 2. The Balaban J connectivity index is 1.76. The average molecular weight is 315 g/mol. The molecule has 0 unspecified atom stereocenters.